The van der Waals surface area contributed by atoms with Crippen LogP contribution in [0.5, 0.6) is 0 Å². The molecule has 0 bridgehead atoms. The molecular formula is C9H14BrNS. The van der Waals surface area contributed by atoms with Crippen molar-refractivity contribution in [3.05, 3.63) is 20.8 Å². The van der Waals surface area contributed by atoms with Crippen molar-refractivity contribution >= 4 is 27.3 Å². The first-order chi connectivity index (χ1) is 5.83. The number of thiophene rings is 1. The van der Waals surface area contributed by atoms with Gasteiger partial charge in [0.1, 0.15) is 0 Å². The fourth-order valence-electron chi connectivity index (χ4n) is 0.960. The van der Waals surface area contributed by atoms with E-state index in [2.05, 4.69) is 40.3 Å². The summed E-state index contributed by atoms with van der Waals surface area (Å²) in [5, 5.41) is 3.41. The van der Waals surface area contributed by atoms with Crippen molar-refractivity contribution in [3.63, 3.8) is 0 Å². The first kappa shape index (κ1) is 10.2. The third-order valence-corrected chi connectivity index (χ3v) is 3.26. The zero-order chi connectivity index (χ0) is 8.81. The van der Waals surface area contributed by atoms with Crippen molar-refractivity contribution in [2.45, 2.75) is 26.3 Å². The van der Waals surface area contributed by atoms with Gasteiger partial charge in [0.2, 0.25) is 0 Å². The minimum atomic E-state index is 1.01. The molecule has 1 N–H and O–H groups in total. The highest BCUT2D eigenvalue weighted by molar-refractivity contribution is 9.11. The minimum Gasteiger partial charge on any atom is -0.312 e. The number of hydrogen-bond donors (Lipinski definition) is 1. The Morgan fingerprint density at radius 2 is 2.33 bits per heavy atom. The molecule has 0 aliphatic heterocycles. The molecule has 68 valence electrons. The summed E-state index contributed by atoms with van der Waals surface area (Å²) < 4.78 is 1.22. The molecule has 0 atom stereocenters. The van der Waals surface area contributed by atoms with E-state index in [0.29, 0.717) is 0 Å². The number of nitrogens with one attached hydrogen (secondary N) is 1. The topological polar surface area (TPSA) is 12.0 Å². The van der Waals surface area contributed by atoms with E-state index in [0.717, 1.165) is 13.1 Å². The minimum absolute atomic E-state index is 1.01. The standard InChI is InChI=1S/C9H14BrNS/c1-2-3-6-11-7-8-4-5-9(10)12-8/h4-5,11H,2-3,6-7H2,1H3. The zero-order valence-corrected chi connectivity index (χ0v) is 9.67. The Hall–Kier alpha value is 0.140. The van der Waals surface area contributed by atoms with Crippen molar-refractivity contribution in [2.75, 3.05) is 6.54 Å². The van der Waals surface area contributed by atoms with Crippen molar-refractivity contribution in [1.29, 1.82) is 0 Å². The molecule has 0 spiro atoms. The van der Waals surface area contributed by atoms with Crippen LogP contribution in [0.3, 0.4) is 0 Å². The van der Waals surface area contributed by atoms with Crippen LogP contribution in [-0.4, -0.2) is 6.54 Å². The molecule has 0 amide bonds. The summed E-state index contributed by atoms with van der Waals surface area (Å²) in [5.41, 5.74) is 0. The van der Waals surface area contributed by atoms with Gasteiger partial charge in [-0.3, -0.25) is 0 Å². The molecule has 0 aliphatic rings. The Bertz CT molecular complexity index is 222. The summed E-state index contributed by atoms with van der Waals surface area (Å²) >= 11 is 5.25. The molecule has 1 heterocycles. The second-order valence-corrected chi connectivity index (χ2v) is 5.28. The quantitative estimate of drug-likeness (QED) is 0.787. The first-order valence-corrected chi connectivity index (χ1v) is 5.89. The Morgan fingerprint density at radius 3 is 2.92 bits per heavy atom. The fourth-order valence-corrected chi connectivity index (χ4v) is 2.41. The van der Waals surface area contributed by atoms with E-state index in [1.165, 1.54) is 21.5 Å². The van der Waals surface area contributed by atoms with Gasteiger partial charge in [-0.05, 0) is 41.0 Å². The van der Waals surface area contributed by atoms with Gasteiger partial charge in [0.15, 0.2) is 0 Å². The number of halogens is 1. The number of hydrogen-bond acceptors (Lipinski definition) is 2. The van der Waals surface area contributed by atoms with Gasteiger partial charge in [0, 0.05) is 11.4 Å². The Kier molecular flexibility index (Phi) is 4.88. The average Bonchev–Trinajstić information content (AvgIpc) is 2.45. The Balaban J connectivity index is 2.15. The highest BCUT2D eigenvalue weighted by Gasteiger charge is 1.95. The smallest absolute Gasteiger partial charge is 0.0701 e. The second-order valence-electron chi connectivity index (χ2n) is 2.74. The SMILES string of the molecule is CCCCNCc1ccc(Br)s1. The Labute approximate surface area is 86.3 Å². The fraction of sp³-hybridized carbons (Fsp3) is 0.556. The highest BCUT2D eigenvalue weighted by Crippen LogP contribution is 2.21. The molecule has 3 heteroatoms. The van der Waals surface area contributed by atoms with Crippen LogP contribution in [0.2, 0.25) is 0 Å². The van der Waals surface area contributed by atoms with Gasteiger partial charge >= 0.3 is 0 Å². The van der Waals surface area contributed by atoms with Crippen LogP contribution in [0.15, 0.2) is 15.9 Å². The van der Waals surface area contributed by atoms with Gasteiger partial charge in [-0.2, -0.15) is 0 Å². The lowest BCUT2D eigenvalue weighted by atomic mass is 10.3. The van der Waals surface area contributed by atoms with Gasteiger partial charge in [-0.1, -0.05) is 13.3 Å². The molecule has 1 aromatic rings. The van der Waals surface area contributed by atoms with Crippen LogP contribution < -0.4 is 5.32 Å². The molecule has 0 unspecified atom stereocenters. The maximum Gasteiger partial charge on any atom is 0.0701 e. The molecule has 0 saturated carbocycles. The van der Waals surface area contributed by atoms with E-state index in [1.807, 2.05) is 0 Å². The van der Waals surface area contributed by atoms with Crippen LogP contribution in [0.25, 0.3) is 0 Å². The average molecular weight is 248 g/mol. The second kappa shape index (κ2) is 5.73. The lowest BCUT2D eigenvalue weighted by Gasteiger charge is -1.99. The van der Waals surface area contributed by atoms with Gasteiger partial charge in [-0.15, -0.1) is 11.3 Å². The van der Waals surface area contributed by atoms with Gasteiger partial charge in [0.05, 0.1) is 3.79 Å². The predicted octanol–water partition coefficient (Wildman–Crippen LogP) is 3.40. The summed E-state index contributed by atoms with van der Waals surface area (Å²) in [7, 11) is 0. The van der Waals surface area contributed by atoms with Crippen LogP contribution >= 0.6 is 27.3 Å². The zero-order valence-electron chi connectivity index (χ0n) is 7.27. The van der Waals surface area contributed by atoms with Crippen LogP contribution in [-0.2, 0) is 6.54 Å². The van der Waals surface area contributed by atoms with E-state index in [9.17, 15) is 0 Å². The van der Waals surface area contributed by atoms with Crippen LogP contribution in [0, 0.1) is 0 Å². The molecule has 1 nitrogen and oxygen atoms in total. The Morgan fingerprint density at radius 1 is 1.50 bits per heavy atom. The maximum absolute atomic E-state index is 3.45. The normalized spacial score (nSPS) is 10.5. The first-order valence-electron chi connectivity index (χ1n) is 4.28. The lowest BCUT2D eigenvalue weighted by Crippen LogP contribution is -2.13. The summed E-state index contributed by atoms with van der Waals surface area (Å²) in [6, 6.07) is 4.26. The molecule has 0 radical (unpaired) electrons. The van der Waals surface area contributed by atoms with Crippen LogP contribution in [0.4, 0.5) is 0 Å². The van der Waals surface area contributed by atoms with Gasteiger partial charge in [-0.25, -0.2) is 0 Å². The molecule has 0 saturated heterocycles. The molecule has 12 heavy (non-hydrogen) atoms. The van der Waals surface area contributed by atoms with Crippen molar-refractivity contribution in [1.82, 2.24) is 5.32 Å². The lowest BCUT2D eigenvalue weighted by molar-refractivity contribution is 0.646. The van der Waals surface area contributed by atoms with Gasteiger partial charge in [0.25, 0.3) is 0 Å². The monoisotopic (exact) mass is 247 g/mol. The van der Waals surface area contributed by atoms with Gasteiger partial charge < -0.3 is 5.32 Å². The molecule has 0 aromatic carbocycles. The maximum atomic E-state index is 3.45. The summed E-state index contributed by atoms with van der Waals surface area (Å²) in [5.74, 6) is 0. The number of unbranched alkanes of at least 4 members (excludes halogenated alkanes) is 1. The molecule has 1 rings (SSSR count). The summed E-state index contributed by atoms with van der Waals surface area (Å²) in [6.45, 7) is 4.35. The number of rotatable bonds is 5. The molecule has 0 fully saturated rings. The van der Waals surface area contributed by atoms with E-state index in [1.54, 1.807) is 11.3 Å². The third-order valence-electron chi connectivity index (χ3n) is 1.64. The van der Waals surface area contributed by atoms with Crippen molar-refractivity contribution in [2.24, 2.45) is 0 Å². The van der Waals surface area contributed by atoms with Crippen molar-refractivity contribution < 1.29 is 0 Å². The summed E-state index contributed by atoms with van der Waals surface area (Å²) in [6.07, 6.45) is 2.54. The predicted molar refractivity (Wildman–Crippen MR) is 58.6 cm³/mol. The van der Waals surface area contributed by atoms with E-state index >= 15 is 0 Å². The molecule has 0 aliphatic carbocycles. The van der Waals surface area contributed by atoms with Crippen molar-refractivity contribution in [3.8, 4) is 0 Å². The van der Waals surface area contributed by atoms with E-state index in [-0.39, 0.29) is 0 Å². The molecular weight excluding hydrogens is 234 g/mol. The largest absolute Gasteiger partial charge is 0.312 e. The molecule has 1 aromatic heterocycles. The third kappa shape index (κ3) is 3.70. The summed E-state index contributed by atoms with van der Waals surface area (Å²) in [4.78, 5) is 1.40. The van der Waals surface area contributed by atoms with E-state index < -0.39 is 0 Å². The van der Waals surface area contributed by atoms with E-state index in [4.69, 9.17) is 0 Å². The highest BCUT2D eigenvalue weighted by atomic mass is 79.9. The van der Waals surface area contributed by atoms with Crippen LogP contribution in [0.1, 0.15) is 24.6 Å².